The fourth-order valence-electron chi connectivity index (χ4n) is 2.17. The van der Waals surface area contributed by atoms with Gasteiger partial charge in [-0.3, -0.25) is 0 Å². The van der Waals surface area contributed by atoms with Crippen LogP contribution in [0.25, 0.3) is 10.4 Å². The van der Waals surface area contributed by atoms with Gasteiger partial charge in [0.25, 0.3) is 0 Å². The van der Waals surface area contributed by atoms with Crippen molar-refractivity contribution in [3.8, 4) is 10.4 Å². The van der Waals surface area contributed by atoms with Crippen LogP contribution in [0.15, 0.2) is 42.4 Å². The Kier molecular flexibility index (Phi) is 5.89. The van der Waals surface area contributed by atoms with Crippen molar-refractivity contribution in [2.45, 2.75) is 44.9 Å². The van der Waals surface area contributed by atoms with E-state index in [0.29, 0.717) is 0 Å². The molecule has 2 rings (SSSR count). The molecule has 1 heterocycles. The van der Waals surface area contributed by atoms with Gasteiger partial charge < -0.3 is 0 Å². The van der Waals surface area contributed by atoms with Crippen molar-refractivity contribution in [2.75, 3.05) is 0 Å². The molecular weight excluding hydrogens is 324 g/mol. The third-order valence-electron chi connectivity index (χ3n) is 3.53. The first-order valence-electron chi connectivity index (χ1n) is 7.62. The Labute approximate surface area is 145 Å². The molecule has 2 atom stereocenters. The quantitative estimate of drug-likeness (QED) is 0.763. The zero-order valence-electron chi connectivity index (χ0n) is 14.1. The van der Waals surface area contributed by atoms with Crippen molar-refractivity contribution in [2.24, 2.45) is 0 Å². The van der Waals surface area contributed by atoms with E-state index in [2.05, 4.69) is 40.6 Å². The summed E-state index contributed by atoms with van der Waals surface area (Å²) < 4.78 is 15.3. The fraction of sp³-hybridized carbons (Fsp3) is 0.389. The minimum absolute atomic E-state index is 0.00386. The van der Waals surface area contributed by atoms with Gasteiger partial charge in [-0.25, -0.2) is 13.9 Å². The van der Waals surface area contributed by atoms with Crippen molar-refractivity contribution in [3.05, 3.63) is 53.7 Å². The maximum absolute atomic E-state index is 12.4. The summed E-state index contributed by atoms with van der Waals surface area (Å²) in [6.07, 6.45) is 2.60. The summed E-state index contributed by atoms with van der Waals surface area (Å²) >= 11 is 1.65. The lowest BCUT2D eigenvalue weighted by atomic mass is 10.0. The van der Waals surface area contributed by atoms with Crippen LogP contribution in [0.4, 0.5) is 0 Å². The lowest BCUT2D eigenvalue weighted by Crippen LogP contribution is -2.35. The molecular formula is C18H24N2OS2. The minimum atomic E-state index is -1.11. The van der Waals surface area contributed by atoms with E-state index in [0.717, 1.165) is 17.7 Å². The third kappa shape index (κ3) is 4.59. The van der Waals surface area contributed by atoms with Gasteiger partial charge in [-0.15, -0.1) is 17.9 Å². The van der Waals surface area contributed by atoms with E-state index in [4.69, 9.17) is 0 Å². The normalized spacial score (nSPS) is 14.4. The Balaban J connectivity index is 2.22. The van der Waals surface area contributed by atoms with Crippen LogP contribution >= 0.6 is 11.3 Å². The van der Waals surface area contributed by atoms with Gasteiger partial charge in [-0.05, 0) is 45.2 Å². The van der Waals surface area contributed by atoms with E-state index in [-0.39, 0.29) is 10.8 Å². The van der Waals surface area contributed by atoms with E-state index >= 15 is 0 Å². The van der Waals surface area contributed by atoms with Crippen molar-refractivity contribution >= 4 is 22.3 Å². The summed E-state index contributed by atoms with van der Waals surface area (Å²) in [5.74, 6) is 0. The van der Waals surface area contributed by atoms with Crippen LogP contribution in [0.2, 0.25) is 0 Å². The molecule has 23 heavy (non-hydrogen) atoms. The second-order valence-electron chi connectivity index (χ2n) is 6.46. The molecule has 0 saturated carbocycles. The summed E-state index contributed by atoms with van der Waals surface area (Å²) in [6, 6.07) is 8.40. The molecule has 0 bridgehead atoms. The van der Waals surface area contributed by atoms with E-state index in [9.17, 15) is 4.21 Å². The van der Waals surface area contributed by atoms with Crippen LogP contribution in [-0.2, 0) is 11.0 Å². The van der Waals surface area contributed by atoms with Gasteiger partial charge in [0.2, 0.25) is 0 Å². The second-order valence-corrected chi connectivity index (χ2v) is 9.32. The number of nitrogens with zero attached hydrogens (tertiary/aromatic N) is 1. The molecule has 124 valence electrons. The molecule has 1 N–H and O–H groups in total. The number of nitrogens with one attached hydrogen (secondary N) is 1. The largest absolute Gasteiger partial charge is 0.249 e. The van der Waals surface area contributed by atoms with Gasteiger partial charge in [0.15, 0.2) is 0 Å². The molecule has 0 aliphatic rings. The van der Waals surface area contributed by atoms with Crippen molar-refractivity contribution < 1.29 is 4.21 Å². The van der Waals surface area contributed by atoms with E-state index in [1.807, 2.05) is 39.3 Å². The SMILES string of the molecule is C=CC[C@H](N[S@](=O)C(C)(C)C)c1ccc(-c2scnc2C)cc1. The monoisotopic (exact) mass is 348 g/mol. The fourth-order valence-corrected chi connectivity index (χ4v) is 3.83. The second kappa shape index (κ2) is 7.51. The van der Waals surface area contributed by atoms with Crippen molar-refractivity contribution in [1.82, 2.24) is 9.71 Å². The molecule has 0 spiro atoms. The van der Waals surface area contributed by atoms with Crippen LogP contribution in [0.3, 0.4) is 0 Å². The molecule has 0 saturated heterocycles. The number of benzene rings is 1. The number of rotatable bonds is 6. The summed E-state index contributed by atoms with van der Waals surface area (Å²) in [5, 5.41) is 0. The van der Waals surface area contributed by atoms with Gasteiger partial charge in [-0.1, -0.05) is 30.3 Å². The zero-order valence-corrected chi connectivity index (χ0v) is 15.8. The van der Waals surface area contributed by atoms with Crippen LogP contribution < -0.4 is 4.72 Å². The molecule has 0 unspecified atom stereocenters. The van der Waals surface area contributed by atoms with Gasteiger partial charge in [0.1, 0.15) is 0 Å². The highest BCUT2D eigenvalue weighted by molar-refractivity contribution is 7.84. The van der Waals surface area contributed by atoms with Crippen LogP contribution in [0, 0.1) is 6.92 Å². The van der Waals surface area contributed by atoms with Crippen LogP contribution in [0.5, 0.6) is 0 Å². The molecule has 0 aliphatic carbocycles. The number of thiazole rings is 1. The Morgan fingerprint density at radius 2 is 2.00 bits per heavy atom. The van der Waals surface area contributed by atoms with Gasteiger partial charge in [0.05, 0.1) is 31.8 Å². The van der Waals surface area contributed by atoms with E-state index in [1.54, 1.807) is 11.3 Å². The lowest BCUT2D eigenvalue weighted by Gasteiger charge is -2.24. The molecule has 2 aromatic rings. The van der Waals surface area contributed by atoms with E-state index in [1.165, 1.54) is 10.4 Å². The lowest BCUT2D eigenvalue weighted by molar-refractivity contribution is 0.602. The first-order valence-corrected chi connectivity index (χ1v) is 9.65. The van der Waals surface area contributed by atoms with Crippen molar-refractivity contribution in [1.29, 1.82) is 0 Å². The van der Waals surface area contributed by atoms with Crippen LogP contribution in [-0.4, -0.2) is 13.9 Å². The predicted octanol–water partition coefficient (Wildman–Crippen LogP) is 4.79. The predicted molar refractivity (Wildman–Crippen MR) is 101 cm³/mol. The molecule has 3 nitrogen and oxygen atoms in total. The van der Waals surface area contributed by atoms with Gasteiger partial charge in [0, 0.05) is 6.04 Å². The van der Waals surface area contributed by atoms with Gasteiger partial charge >= 0.3 is 0 Å². The minimum Gasteiger partial charge on any atom is -0.249 e. The summed E-state index contributed by atoms with van der Waals surface area (Å²) in [4.78, 5) is 5.50. The Hall–Kier alpha value is -1.30. The smallest absolute Gasteiger partial charge is 0.0976 e. The summed E-state index contributed by atoms with van der Waals surface area (Å²) in [6.45, 7) is 11.7. The highest BCUT2D eigenvalue weighted by atomic mass is 32.2. The molecule has 5 heteroatoms. The molecule has 1 aromatic heterocycles. The maximum atomic E-state index is 12.4. The van der Waals surface area contributed by atoms with Crippen molar-refractivity contribution in [3.63, 3.8) is 0 Å². The molecule has 1 aromatic carbocycles. The average Bonchev–Trinajstić information content (AvgIpc) is 2.92. The Bertz CT molecular complexity index is 684. The summed E-state index contributed by atoms with van der Waals surface area (Å²) in [5.41, 5.74) is 5.21. The number of aromatic nitrogens is 1. The first-order chi connectivity index (χ1) is 10.8. The van der Waals surface area contributed by atoms with Crippen LogP contribution in [0.1, 0.15) is 44.5 Å². The first kappa shape index (κ1) is 18.0. The Morgan fingerprint density at radius 3 is 2.48 bits per heavy atom. The number of hydrogen-bond donors (Lipinski definition) is 1. The Morgan fingerprint density at radius 1 is 1.35 bits per heavy atom. The molecule has 0 aliphatic heterocycles. The average molecular weight is 349 g/mol. The highest BCUT2D eigenvalue weighted by Gasteiger charge is 2.23. The van der Waals surface area contributed by atoms with Gasteiger partial charge in [-0.2, -0.15) is 0 Å². The third-order valence-corrected chi connectivity index (χ3v) is 6.12. The zero-order chi connectivity index (χ0) is 17.0. The number of aryl methyl sites for hydroxylation is 1. The molecule has 0 amide bonds. The maximum Gasteiger partial charge on any atom is 0.0976 e. The number of hydrogen-bond acceptors (Lipinski definition) is 3. The topological polar surface area (TPSA) is 42.0 Å². The standard InChI is InChI=1S/C18H24N2OS2/c1-6-7-16(20-23(21)18(3,4)5)14-8-10-15(11-9-14)17-13(2)19-12-22-17/h6,8-12,16,20H,1,7H2,2-5H3/t16-,23+/m0/s1. The molecule has 0 radical (unpaired) electrons. The highest BCUT2D eigenvalue weighted by Crippen LogP contribution is 2.29. The van der Waals surface area contributed by atoms with E-state index < -0.39 is 11.0 Å². The summed E-state index contributed by atoms with van der Waals surface area (Å²) in [7, 11) is -1.11. The molecule has 0 fully saturated rings.